The zero-order chi connectivity index (χ0) is 91.8. The number of nitrogen functional groups attached to an aromatic ring is 1. The Kier molecular flexibility index (Phi) is 45.2. The molecular formula is C93H137N7O26S. The number of anilines is 1. The smallest absolute Gasteiger partial charge is 0.407 e. The van der Waals surface area contributed by atoms with Crippen molar-refractivity contribution in [1.29, 1.82) is 0 Å². The second-order valence-electron chi connectivity index (χ2n) is 33.3. The van der Waals surface area contributed by atoms with E-state index < -0.39 is 131 Å². The Bertz CT molecular complexity index is 4130. The van der Waals surface area contributed by atoms with Crippen LogP contribution in [-0.2, 0) is 108 Å². The number of aryl methyl sites for hydroxylation is 1. The topological polar surface area (TPSA) is 439 Å². The van der Waals surface area contributed by atoms with Gasteiger partial charge in [-0.1, -0.05) is 70.2 Å². The fourth-order valence-electron chi connectivity index (χ4n) is 16.0. The molecule has 34 heteroatoms. The molecule has 2 aromatic carbocycles. The molecule has 9 N–H and O–H groups in total. The van der Waals surface area contributed by atoms with Crippen molar-refractivity contribution < 1.29 is 124 Å². The lowest BCUT2D eigenvalue weighted by Crippen LogP contribution is -2.61. The van der Waals surface area contributed by atoms with E-state index in [9.17, 15) is 57.9 Å². The molecule has 127 heavy (non-hydrogen) atoms. The summed E-state index contributed by atoms with van der Waals surface area (Å²) in [4.78, 5) is 118. The van der Waals surface area contributed by atoms with Crippen LogP contribution in [0.4, 0.5) is 10.6 Å². The van der Waals surface area contributed by atoms with Gasteiger partial charge in [0, 0.05) is 117 Å². The number of piperidine rings is 1. The predicted octanol–water partition coefficient (Wildman–Crippen LogP) is 7.39. The van der Waals surface area contributed by atoms with E-state index in [1.54, 1.807) is 63.2 Å². The largest absolute Gasteiger partial charge is 0.491 e. The number of ketones is 3. The fraction of sp³-hybridized carbons (Fsp3) is 0.645. The normalized spacial score (nSPS) is 26.4. The van der Waals surface area contributed by atoms with E-state index in [-0.39, 0.29) is 100 Å². The first-order valence-corrected chi connectivity index (χ1v) is 45.9. The average Bonchev–Trinajstić information content (AvgIpc) is 1.05. The number of nitrogens with zero attached hydrogens (tertiary/aromatic N) is 3. The highest BCUT2D eigenvalue weighted by Crippen LogP contribution is 2.39. The molecule has 33 nitrogen and oxygen atoms in total. The summed E-state index contributed by atoms with van der Waals surface area (Å²) in [5, 5.41) is 40.1. The van der Waals surface area contributed by atoms with Crippen molar-refractivity contribution in [3.63, 3.8) is 0 Å². The molecule has 16 atom stereocenters. The Morgan fingerprint density at radius 2 is 1.34 bits per heavy atom. The lowest BCUT2D eigenvalue weighted by atomic mass is 9.80. The lowest BCUT2D eigenvalue weighted by molar-refractivity contribution is -0.265. The van der Waals surface area contributed by atoms with Crippen molar-refractivity contribution in [3.05, 3.63) is 119 Å². The maximum atomic E-state index is 14.6. The van der Waals surface area contributed by atoms with E-state index in [1.165, 1.54) is 20.1 Å². The Morgan fingerprint density at radius 3 is 1.98 bits per heavy atom. The van der Waals surface area contributed by atoms with Crippen molar-refractivity contribution >= 4 is 63.8 Å². The van der Waals surface area contributed by atoms with E-state index in [4.69, 9.17) is 77.8 Å². The highest BCUT2D eigenvalue weighted by Gasteiger charge is 2.53. The summed E-state index contributed by atoms with van der Waals surface area (Å²) in [5.41, 5.74) is 17.7. The number of allylic oxidation sites excluding steroid dienone is 6. The number of methoxy groups -OCH3 is 2. The monoisotopic (exact) mass is 1800 g/mol. The van der Waals surface area contributed by atoms with E-state index in [0.717, 1.165) is 32.9 Å². The van der Waals surface area contributed by atoms with Gasteiger partial charge in [-0.3, -0.25) is 33.0 Å². The molecule has 0 radical (unpaired) electrons. The van der Waals surface area contributed by atoms with Gasteiger partial charge >= 0.3 is 12.1 Å². The molecule has 4 aliphatic heterocycles. The minimum Gasteiger partial charge on any atom is -0.491 e. The minimum absolute atomic E-state index is 0.00480. The van der Waals surface area contributed by atoms with Gasteiger partial charge in [-0.2, -0.15) is 0 Å². The van der Waals surface area contributed by atoms with Gasteiger partial charge in [-0.05, 0) is 162 Å². The van der Waals surface area contributed by atoms with Crippen molar-refractivity contribution in [2.45, 2.75) is 204 Å². The van der Waals surface area contributed by atoms with Gasteiger partial charge in [0.15, 0.2) is 5.78 Å². The number of pyridine rings is 1. The number of aliphatic hydroxyl groups is 3. The number of hydrogen-bond acceptors (Lipinski definition) is 29. The van der Waals surface area contributed by atoms with Crippen LogP contribution in [0.5, 0.6) is 5.75 Å². The van der Waals surface area contributed by atoms with Crippen LogP contribution in [0.15, 0.2) is 107 Å². The first-order valence-electron chi connectivity index (χ1n) is 44.6. The number of aliphatic hydroxyl groups excluding tert-OH is 2. The number of nitrogens with one attached hydrogen (secondary N) is 2. The Balaban J connectivity index is 0.636. The molecule has 3 aromatic rings. The van der Waals surface area contributed by atoms with Crippen molar-refractivity contribution in [3.8, 4) is 16.9 Å². The number of carbonyl (C=O) groups is 8. The van der Waals surface area contributed by atoms with Crippen LogP contribution in [0.25, 0.3) is 11.1 Å². The van der Waals surface area contributed by atoms with Crippen LogP contribution < -0.4 is 26.8 Å². The molecule has 1 aromatic heterocycles. The van der Waals surface area contributed by atoms with Crippen LogP contribution >= 0.6 is 0 Å². The van der Waals surface area contributed by atoms with Crippen LogP contribution in [0.2, 0.25) is 0 Å². The Labute approximate surface area is 749 Å². The zero-order valence-corrected chi connectivity index (χ0v) is 76.2. The molecule has 3 fully saturated rings. The third-order valence-electron chi connectivity index (χ3n) is 23.6. The lowest BCUT2D eigenvalue weighted by Gasteiger charge is -2.42. The van der Waals surface area contributed by atoms with E-state index in [1.807, 2.05) is 75.4 Å². The number of esters is 1. The molecule has 1 unspecified atom stereocenters. The summed E-state index contributed by atoms with van der Waals surface area (Å²) < 4.78 is 93.8. The quantitative estimate of drug-likeness (QED) is 0.0127. The number of carbonyl (C=O) groups excluding carboxylic acids is 8. The molecule has 5 heterocycles. The van der Waals surface area contributed by atoms with Crippen LogP contribution in [-0.4, -0.2) is 301 Å². The molecule has 1 aliphatic carbocycles. The molecule has 706 valence electrons. The maximum Gasteiger partial charge on any atom is 0.407 e. The molecule has 4 amide bonds. The zero-order valence-electron chi connectivity index (χ0n) is 75.3. The van der Waals surface area contributed by atoms with Crippen LogP contribution in [0, 0.1) is 36.5 Å². The SMILES string of the molecule is CO[C@H]1C[C@@H]2CC[C@@H](C)[C@@](O)(O2)C(=O)C(=O)N2CCCC[C@H]2C(=O)O[C@H]([C@H](N)C[C@@H]2CC[C@@H](OC(=O)NCCOCCOCCOCCOCCOCCOCCOCCOCCC(=O)NCCS(=O)c3ccc(C(=O)N4CCOc5ccc(-c6ccc(N)nc6)cc5C4)c(C)c3)[C@H](OC)C2)CC(=O)[C@H](C)/C=C(\C)[C@@H](O)[C@@H](O)C(=O)[C@H](C)C[C@H](C)/C=C/C=CC=C1C. The number of cyclic esters (lactones) is 1. The number of hydrogen-bond donors (Lipinski definition) is 7. The molecule has 2 saturated heterocycles. The highest BCUT2D eigenvalue weighted by molar-refractivity contribution is 7.85. The van der Waals surface area contributed by atoms with Gasteiger partial charge in [0.2, 0.25) is 11.7 Å². The van der Waals surface area contributed by atoms with Crippen LogP contribution in [0.3, 0.4) is 0 Å². The third kappa shape index (κ3) is 34.0. The number of Topliss-reactive ketones (excluding diaryl/α,β-unsaturated/α-hetero) is 3. The number of rotatable bonds is 39. The van der Waals surface area contributed by atoms with Gasteiger partial charge in [0.25, 0.3) is 17.6 Å². The minimum atomic E-state index is -2.51. The highest BCUT2D eigenvalue weighted by atomic mass is 32.2. The number of aromatic nitrogens is 1. The van der Waals surface area contributed by atoms with E-state index >= 15 is 0 Å². The van der Waals surface area contributed by atoms with Crippen molar-refractivity contribution in [2.24, 2.45) is 35.3 Å². The number of fused-ring (bicyclic) bond motifs is 4. The summed E-state index contributed by atoms with van der Waals surface area (Å²) >= 11 is 0. The predicted molar refractivity (Wildman–Crippen MR) is 472 cm³/mol. The van der Waals surface area contributed by atoms with Gasteiger partial charge in [-0.25, -0.2) is 14.6 Å². The molecular weight excluding hydrogens is 1660 g/mol. The molecule has 8 rings (SSSR count). The summed E-state index contributed by atoms with van der Waals surface area (Å²) in [7, 11) is 1.65. The average molecular weight is 1800 g/mol. The van der Waals surface area contributed by atoms with Crippen molar-refractivity contribution in [1.82, 2.24) is 25.4 Å². The second kappa shape index (κ2) is 55.1. The molecule has 2 bridgehead atoms. The summed E-state index contributed by atoms with van der Waals surface area (Å²) in [6.45, 7) is 18.8. The summed E-state index contributed by atoms with van der Waals surface area (Å²) in [5.74, 6) is -8.34. The molecule has 1 saturated carbocycles. The fourth-order valence-corrected chi connectivity index (χ4v) is 17.1. The van der Waals surface area contributed by atoms with Gasteiger partial charge in [0.1, 0.15) is 54.4 Å². The van der Waals surface area contributed by atoms with Gasteiger partial charge < -0.3 is 114 Å². The third-order valence-corrected chi connectivity index (χ3v) is 24.9. The van der Waals surface area contributed by atoms with Gasteiger partial charge in [0.05, 0.1) is 141 Å². The van der Waals surface area contributed by atoms with Crippen molar-refractivity contribution in [2.75, 3.05) is 164 Å². The first-order chi connectivity index (χ1) is 61.1. The maximum absolute atomic E-state index is 14.6. The van der Waals surface area contributed by atoms with E-state index in [2.05, 4.69) is 15.6 Å². The molecule has 0 spiro atoms. The second-order valence-corrected chi connectivity index (χ2v) is 34.8. The number of amides is 4. The van der Waals surface area contributed by atoms with Gasteiger partial charge in [-0.15, -0.1) is 0 Å². The number of nitrogens with two attached hydrogens (primary N) is 2. The first kappa shape index (κ1) is 104. The number of ether oxygens (including phenoxy) is 14. The Morgan fingerprint density at radius 1 is 0.685 bits per heavy atom. The summed E-state index contributed by atoms with van der Waals surface area (Å²) in [6.07, 6.45) is 8.55. The standard InChI is InChI=1S/C93H137N7O26S/c1-61-15-11-10-12-16-62(2)80(113-8)57-72-22-18-67(7)93(111,126-72)88(106)90(108)100-31-14-13-17-76(100)91(109)124-81(58-77(101)64(4)52-66(6)86(104)87(105)85(103)65(5)51-61)75(94)54-68-19-25-79(82(55-68)114-9)125-92(110)97-29-34-116-37-39-118-41-43-120-45-47-122-49-48-121-46-44-119-42-40-117-38-36-115-33-28-84(102)96-30-50-127(112)73-23-24-74(63(3)53-73)89(107)99-32-35-123-78-26-20-69(56-71(78)60-99)70-21-27-83(95)98-59-70/h10-12,15-16,20-21,23-24,26-27,52-53,56,59,61,64-65,67-68,72,75-76,79-82,86-87,104-105,111H,13-14,17-19,22,25,28-51,54-55,57-58,60,94H2,1-9H3,(H2,95,98)(H,96,102)(H,97,110)/b12-10?,15-11+,62-16?,66-52+/t61-,64-,65-,67-,68+,72+,75-,76+,79-,80+,81+,82-,86-,87+,93-,127?/m1/s1. The Hall–Kier alpha value is -8.14. The van der Waals surface area contributed by atoms with Crippen LogP contribution in [0.1, 0.15) is 146 Å². The number of alkyl carbamates (subject to hydrolysis) is 1. The van der Waals surface area contributed by atoms with E-state index in [0.29, 0.717) is 179 Å². The molecule has 5 aliphatic rings. The summed E-state index contributed by atoms with van der Waals surface area (Å²) in [6, 6.07) is 12.4. The number of benzene rings is 2.